The average Bonchev–Trinajstić information content (AvgIpc) is 2.82. The predicted molar refractivity (Wildman–Crippen MR) is 83.5 cm³/mol. The lowest BCUT2D eigenvalue weighted by Gasteiger charge is -2.16. The van der Waals surface area contributed by atoms with Gasteiger partial charge in [-0.2, -0.15) is 0 Å². The normalized spacial score (nSPS) is 20.6. The van der Waals surface area contributed by atoms with Crippen LogP contribution in [-0.4, -0.2) is 43.9 Å². The van der Waals surface area contributed by atoms with Gasteiger partial charge in [-0.1, -0.05) is 12.1 Å². The molecule has 9 heteroatoms. The molecule has 1 unspecified atom stereocenters. The molecule has 120 valence electrons. The molecule has 2 rings (SSSR count). The Balaban J connectivity index is 1.92. The minimum Gasteiger partial charge on any atom is -0.353 e. The molecule has 1 saturated heterocycles. The SMILES string of the molecule is CN=C(NCc1cccc([N+](=O)[O-])c1)NC1CCS(=O)(=O)C1. The van der Waals surface area contributed by atoms with Crippen LogP contribution in [0.2, 0.25) is 0 Å². The van der Waals surface area contributed by atoms with Gasteiger partial charge in [0.25, 0.3) is 5.69 Å². The van der Waals surface area contributed by atoms with Gasteiger partial charge in [-0.25, -0.2) is 8.42 Å². The molecule has 0 aliphatic carbocycles. The number of nitro benzene ring substituents is 1. The molecule has 1 aliphatic rings. The van der Waals surface area contributed by atoms with Crippen LogP contribution in [0.25, 0.3) is 0 Å². The van der Waals surface area contributed by atoms with Gasteiger partial charge in [0.2, 0.25) is 0 Å². The van der Waals surface area contributed by atoms with E-state index in [2.05, 4.69) is 15.6 Å². The van der Waals surface area contributed by atoms with Crippen LogP contribution in [0.5, 0.6) is 0 Å². The van der Waals surface area contributed by atoms with Gasteiger partial charge in [0.1, 0.15) is 0 Å². The first-order valence-corrected chi connectivity index (χ1v) is 8.63. The van der Waals surface area contributed by atoms with Crippen molar-refractivity contribution in [3.05, 3.63) is 39.9 Å². The maximum atomic E-state index is 11.4. The predicted octanol–water partition coefficient (Wildman–Crippen LogP) is 0.447. The molecule has 0 bridgehead atoms. The fourth-order valence-electron chi connectivity index (χ4n) is 2.26. The number of guanidine groups is 1. The third kappa shape index (κ3) is 4.42. The number of hydrogen-bond acceptors (Lipinski definition) is 5. The smallest absolute Gasteiger partial charge is 0.269 e. The van der Waals surface area contributed by atoms with Crippen LogP contribution in [0.4, 0.5) is 5.69 Å². The number of nitrogens with one attached hydrogen (secondary N) is 2. The van der Waals surface area contributed by atoms with Crippen molar-refractivity contribution >= 4 is 21.5 Å². The van der Waals surface area contributed by atoms with E-state index in [-0.39, 0.29) is 23.2 Å². The van der Waals surface area contributed by atoms with E-state index in [4.69, 9.17) is 0 Å². The summed E-state index contributed by atoms with van der Waals surface area (Å²) in [6.45, 7) is 0.362. The molecule has 22 heavy (non-hydrogen) atoms. The molecular formula is C13H18N4O4S. The van der Waals surface area contributed by atoms with Crippen LogP contribution in [0.3, 0.4) is 0 Å². The maximum Gasteiger partial charge on any atom is 0.269 e. The minimum absolute atomic E-state index is 0.0316. The molecular weight excluding hydrogens is 308 g/mol. The second-order valence-corrected chi connectivity index (χ2v) is 7.33. The Labute approximate surface area is 128 Å². The number of nitro groups is 1. The molecule has 1 aliphatic heterocycles. The summed E-state index contributed by atoms with van der Waals surface area (Å²) >= 11 is 0. The molecule has 0 aromatic heterocycles. The third-order valence-corrected chi connectivity index (χ3v) is 5.15. The summed E-state index contributed by atoms with van der Waals surface area (Å²) < 4.78 is 22.9. The first kappa shape index (κ1) is 16.2. The molecule has 1 aromatic rings. The van der Waals surface area contributed by atoms with E-state index in [1.165, 1.54) is 12.1 Å². The standard InChI is InChI=1S/C13H18N4O4S/c1-14-13(16-11-5-6-22(20,21)9-11)15-8-10-3-2-4-12(7-10)17(18)19/h2-4,7,11H,5-6,8-9H2,1H3,(H2,14,15,16). The van der Waals surface area contributed by atoms with Crippen molar-refractivity contribution in [3.63, 3.8) is 0 Å². The second kappa shape index (κ2) is 6.73. The number of aliphatic imine (C=N–C) groups is 1. The van der Waals surface area contributed by atoms with E-state index in [0.717, 1.165) is 5.56 Å². The van der Waals surface area contributed by atoms with Gasteiger partial charge >= 0.3 is 0 Å². The quantitative estimate of drug-likeness (QED) is 0.359. The van der Waals surface area contributed by atoms with Crippen molar-refractivity contribution in [3.8, 4) is 0 Å². The summed E-state index contributed by atoms with van der Waals surface area (Å²) in [4.78, 5) is 14.3. The number of nitrogens with zero attached hydrogens (tertiary/aromatic N) is 2. The number of non-ortho nitro benzene ring substituents is 1. The fourth-order valence-corrected chi connectivity index (χ4v) is 3.94. The molecule has 1 aromatic carbocycles. The van der Waals surface area contributed by atoms with Crippen LogP contribution in [0.15, 0.2) is 29.3 Å². The Hall–Kier alpha value is -2.16. The van der Waals surface area contributed by atoms with E-state index in [0.29, 0.717) is 18.9 Å². The summed E-state index contributed by atoms with van der Waals surface area (Å²) in [5.41, 5.74) is 0.778. The van der Waals surface area contributed by atoms with Crippen molar-refractivity contribution < 1.29 is 13.3 Å². The molecule has 0 spiro atoms. The summed E-state index contributed by atoms with van der Waals surface area (Å²) in [5.74, 6) is 0.769. The topological polar surface area (TPSA) is 114 Å². The highest BCUT2D eigenvalue weighted by molar-refractivity contribution is 7.91. The molecule has 0 radical (unpaired) electrons. The molecule has 1 heterocycles. The average molecular weight is 326 g/mol. The Morgan fingerprint density at radius 3 is 2.86 bits per heavy atom. The molecule has 0 saturated carbocycles. The van der Waals surface area contributed by atoms with Crippen LogP contribution in [-0.2, 0) is 16.4 Å². The monoisotopic (exact) mass is 326 g/mol. The molecule has 1 fully saturated rings. The van der Waals surface area contributed by atoms with E-state index in [9.17, 15) is 18.5 Å². The molecule has 1 atom stereocenters. The Morgan fingerprint density at radius 1 is 1.50 bits per heavy atom. The largest absolute Gasteiger partial charge is 0.353 e. The minimum atomic E-state index is -2.95. The van der Waals surface area contributed by atoms with Crippen LogP contribution >= 0.6 is 0 Å². The van der Waals surface area contributed by atoms with Crippen LogP contribution in [0, 0.1) is 10.1 Å². The zero-order valence-corrected chi connectivity index (χ0v) is 13.0. The van der Waals surface area contributed by atoms with Crippen LogP contribution in [0.1, 0.15) is 12.0 Å². The Morgan fingerprint density at radius 2 is 2.27 bits per heavy atom. The van der Waals surface area contributed by atoms with Gasteiger partial charge in [-0.15, -0.1) is 0 Å². The van der Waals surface area contributed by atoms with Crippen molar-refractivity contribution in [2.24, 2.45) is 4.99 Å². The highest BCUT2D eigenvalue weighted by Gasteiger charge is 2.28. The van der Waals surface area contributed by atoms with E-state index >= 15 is 0 Å². The first-order valence-electron chi connectivity index (χ1n) is 6.80. The molecule has 2 N–H and O–H groups in total. The summed E-state index contributed by atoms with van der Waals surface area (Å²) in [6, 6.07) is 6.16. The van der Waals surface area contributed by atoms with Gasteiger partial charge < -0.3 is 10.6 Å². The number of rotatable bonds is 4. The second-order valence-electron chi connectivity index (χ2n) is 5.10. The number of sulfone groups is 1. The number of benzene rings is 1. The van der Waals surface area contributed by atoms with Gasteiger partial charge in [0.15, 0.2) is 15.8 Å². The van der Waals surface area contributed by atoms with E-state index in [1.807, 2.05) is 0 Å². The highest BCUT2D eigenvalue weighted by Crippen LogP contribution is 2.13. The van der Waals surface area contributed by atoms with Crippen molar-refractivity contribution in [1.29, 1.82) is 0 Å². The van der Waals surface area contributed by atoms with Gasteiger partial charge in [0.05, 0.1) is 16.4 Å². The Bertz CT molecular complexity index is 687. The highest BCUT2D eigenvalue weighted by atomic mass is 32.2. The van der Waals surface area contributed by atoms with Crippen molar-refractivity contribution in [1.82, 2.24) is 10.6 Å². The third-order valence-electron chi connectivity index (χ3n) is 3.38. The fraction of sp³-hybridized carbons (Fsp3) is 0.462. The Kier molecular flexibility index (Phi) is 4.96. The van der Waals surface area contributed by atoms with Gasteiger partial charge in [-0.05, 0) is 12.0 Å². The molecule has 0 amide bonds. The summed E-state index contributed by atoms with van der Waals surface area (Å²) in [5, 5.41) is 16.8. The lowest BCUT2D eigenvalue weighted by atomic mass is 10.2. The molecule has 8 nitrogen and oxygen atoms in total. The number of hydrogen-bond donors (Lipinski definition) is 2. The first-order chi connectivity index (χ1) is 10.4. The van der Waals surface area contributed by atoms with Crippen LogP contribution < -0.4 is 10.6 Å². The zero-order valence-electron chi connectivity index (χ0n) is 12.2. The van der Waals surface area contributed by atoms with E-state index in [1.54, 1.807) is 19.2 Å². The zero-order chi connectivity index (χ0) is 16.2. The summed E-state index contributed by atoms with van der Waals surface area (Å²) in [7, 11) is -1.36. The lowest BCUT2D eigenvalue weighted by Crippen LogP contribution is -2.43. The van der Waals surface area contributed by atoms with Crippen molar-refractivity contribution in [2.45, 2.75) is 19.0 Å². The van der Waals surface area contributed by atoms with Gasteiger partial charge in [0, 0.05) is 31.8 Å². The summed E-state index contributed by atoms with van der Waals surface area (Å²) in [6.07, 6.45) is 0.555. The maximum absolute atomic E-state index is 11.4. The lowest BCUT2D eigenvalue weighted by molar-refractivity contribution is -0.384. The van der Waals surface area contributed by atoms with E-state index < -0.39 is 14.8 Å². The van der Waals surface area contributed by atoms with Gasteiger partial charge in [-0.3, -0.25) is 15.1 Å². The van der Waals surface area contributed by atoms with Crippen molar-refractivity contribution in [2.75, 3.05) is 18.6 Å².